The van der Waals surface area contributed by atoms with Gasteiger partial charge in [0.1, 0.15) is 5.52 Å². The summed E-state index contributed by atoms with van der Waals surface area (Å²) in [5.41, 5.74) is 2.11. The zero-order valence-electron chi connectivity index (χ0n) is 14.5. The van der Waals surface area contributed by atoms with Gasteiger partial charge < -0.3 is 14.5 Å². The Labute approximate surface area is 154 Å². The van der Waals surface area contributed by atoms with E-state index in [1.54, 1.807) is 18.2 Å². The highest BCUT2D eigenvalue weighted by Crippen LogP contribution is 2.23. The van der Waals surface area contributed by atoms with E-state index in [-0.39, 0.29) is 0 Å². The van der Waals surface area contributed by atoms with E-state index in [4.69, 9.17) is 9.15 Å². The summed E-state index contributed by atoms with van der Waals surface area (Å²) in [7, 11) is 0. The molecule has 1 N–H and O–H groups in total. The molecular formula is C21H16N2O4. The lowest BCUT2D eigenvalue weighted by molar-refractivity contribution is -0.123. The molecule has 1 atom stereocenters. The third-order valence-corrected chi connectivity index (χ3v) is 4.27. The van der Waals surface area contributed by atoms with Crippen LogP contribution >= 0.6 is 0 Å². The number of aromatic nitrogens is 1. The highest BCUT2D eigenvalue weighted by atomic mass is 16.5. The number of hydrogen-bond donors (Lipinski definition) is 1. The second kappa shape index (κ2) is 6.92. The number of oxazole rings is 1. The number of amides is 1. The predicted molar refractivity (Wildman–Crippen MR) is 101 cm³/mol. The summed E-state index contributed by atoms with van der Waals surface area (Å²) in [5, 5.41) is 4.76. The Kier molecular flexibility index (Phi) is 4.30. The topological polar surface area (TPSA) is 81.4 Å². The summed E-state index contributed by atoms with van der Waals surface area (Å²) in [4.78, 5) is 28.8. The lowest BCUT2D eigenvalue weighted by atomic mass is 10.1. The lowest BCUT2D eigenvalue weighted by Crippen LogP contribution is -2.30. The van der Waals surface area contributed by atoms with Gasteiger partial charge in [0.2, 0.25) is 0 Å². The number of ether oxygens (including phenoxy) is 1. The Morgan fingerprint density at radius 2 is 1.89 bits per heavy atom. The van der Waals surface area contributed by atoms with Crippen molar-refractivity contribution in [3.05, 3.63) is 72.6 Å². The van der Waals surface area contributed by atoms with E-state index >= 15 is 0 Å². The maximum atomic E-state index is 12.5. The van der Waals surface area contributed by atoms with Crippen molar-refractivity contribution < 1.29 is 18.7 Å². The van der Waals surface area contributed by atoms with Crippen LogP contribution in [0.1, 0.15) is 17.3 Å². The summed E-state index contributed by atoms with van der Waals surface area (Å²) >= 11 is 0. The molecule has 0 bridgehead atoms. The number of benzene rings is 3. The molecule has 0 saturated heterocycles. The van der Waals surface area contributed by atoms with Gasteiger partial charge in [0.15, 0.2) is 18.1 Å². The van der Waals surface area contributed by atoms with Gasteiger partial charge in [0, 0.05) is 11.1 Å². The smallest absolute Gasteiger partial charge is 0.338 e. The third kappa shape index (κ3) is 3.37. The first kappa shape index (κ1) is 16.8. The molecule has 1 amide bonds. The first-order chi connectivity index (χ1) is 13.1. The van der Waals surface area contributed by atoms with Crippen LogP contribution in [0.15, 0.2) is 71.5 Å². The van der Waals surface area contributed by atoms with Gasteiger partial charge in [-0.3, -0.25) is 4.79 Å². The van der Waals surface area contributed by atoms with Crippen molar-refractivity contribution in [3.63, 3.8) is 0 Å². The summed E-state index contributed by atoms with van der Waals surface area (Å²) in [6.07, 6.45) is 0.351. The number of nitrogens with zero attached hydrogens (tertiary/aromatic N) is 1. The van der Waals surface area contributed by atoms with E-state index < -0.39 is 18.0 Å². The van der Waals surface area contributed by atoms with E-state index in [0.29, 0.717) is 22.4 Å². The van der Waals surface area contributed by atoms with Gasteiger partial charge in [0.05, 0.1) is 5.56 Å². The normalized spacial score (nSPS) is 12.0. The molecule has 0 radical (unpaired) electrons. The maximum absolute atomic E-state index is 12.5. The number of carbonyl (C=O) groups excluding carboxylic acids is 2. The van der Waals surface area contributed by atoms with Crippen LogP contribution in [0.2, 0.25) is 0 Å². The molecule has 1 heterocycles. The van der Waals surface area contributed by atoms with Crippen molar-refractivity contribution in [1.82, 2.24) is 4.98 Å². The minimum Gasteiger partial charge on any atom is -0.449 e. The SMILES string of the molecule is CC(OC(=O)c1ccc2ocnc2c1)C(=O)Nc1cccc2ccccc12. The number of rotatable bonds is 4. The van der Waals surface area contributed by atoms with Gasteiger partial charge in [-0.1, -0.05) is 36.4 Å². The summed E-state index contributed by atoms with van der Waals surface area (Å²) in [6, 6.07) is 18.2. The molecule has 1 aromatic heterocycles. The minimum atomic E-state index is -0.954. The molecule has 0 aliphatic carbocycles. The summed E-state index contributed by atoms with van der Waals surface area (Å²) in [6.45, 7) is 1.53. The third-order valence-electron chi connectivity index (χ3n) is 4.27. The molecule has 0 fully saturated rings. The molecular weight excluding hydrogens is 344 g/mol. The molecule has 134 valence electrons. The average molecular weight is 360 g/mol. The fourth-order valence-electron chi connectivity index (χ4n) is 2.84. The molecule has 0 aliphatic rings. The van der Waals surface area contributed by atoms with E-state index in [1.807, 2.05) is 42.5 Å². The fraction of sp³-hybridized carbons (Fsp3) is 0.0952. The van der Waals surface area contributed by atoms with Gasteiger partial charge in [-0.15, -0.1) is 0 Å². The first-order valence-corrected chi connectivity index (χ1v) is 8.45. The van der Waals surface area contributed by atoms with Gasteiger partial charge in [-0.2, -0.15) is 0 Å². The Morgan fingerprint density at radius 1 is 1.07 bits per heavy atom. The summed E-state index contributed by atoms with van der Waals surface area (Å²) in [5.74, 6) is -0.998. The lowest BCUT2D eigenvalue weighted by Gasteiger charge is -2.14. The van der Waals surface area contributed by atoms with Gasteiger partial charge in [-0.05, 0) is 36.6 Å². The molecule has 3 aromatic carbocycles. The molecule has 0 aliphatic heterocycles. The largest absolute Gasteiger partial charge is 0.449 e. The van der Waals surface area contributed by atoms with Crippen LogP contribution in [0.25, 0.3) is 21.9 Å². The summed E-state index contributed by atoms with van der Waals surface area (Å²) < 4.78 is 10.4. The first-order valence-electron chi connectivity index (χ1n) is 8.45. The monoisotopic (exact) mass is 360 g/mol. The minimum absolute atomic E-state index is 0.307. The van der Waals surface area contributed by atoms with Crippen LogP contribution in [-0.2, 0) is 9.53 Å². The quantitative estimate of drug-likeness (QED) is 0.553. The van der Waals surface area contributed by atoms with Crippen molar-refractivity contribution in [2.75, 3.05) is 5.32 Å². The number of fused-ring (bicyclic) bond motifs is 2. The number of hydrogen-bond acceptors (Lipinski definition) is 5. The van der Waals surface area contributed by atoms with Crippen LogP contribution in [-0.4, -0.2) is 23.0 Å². The highest BCUT2D eigenvalue weighted by Gasteiger charge is 2.20. The molecule has 0 saturated carbocycles. The van der Waals surface area contributed by atoms with Crippen molar-refractivity contribution in [1.29, 1.82) is 0 Å². The molecule has 6 heteroatoms. The second-order valence-electron chi connectivity index (χ2n) is 6.10. The zero-order chi connectivity index (χ0) is 18.8. The molecule has 27 heavy (non-hydrogen) atoms. The van der Waals surface area contributed by atoms with E-state index in [0.717, 1.165) is 10.8 Å². The van der Waals surface area contributed by atoms with E-state index in [1.165, 1.54) is 13.3 Å². The van der Waals surface area contributed by atoms with Crippen LogP contribution in [0, 0.1) is 0 Å². The van der Waals surface area contributed by atoms with E-state index in [9.17, 15) is 9.59 Å². The van der Waals surface area contributed by atoms with Crippen molar-refractivity contribution in [3.8, 4) is 0 Å². The van der Waals surface area contributed by atoms with Gasteiger partial charge >= 0.3 is 5.97 Å². The Balaban J connectivity index is 1.47. The van der Waals surface area contributed by atoms with Crippen molar-refractivity contribution in [2.45, 2.75) is 13.0 Å². The molecule has 6 nitrogen and oxygen atoms in total. The average Bonchev–Trinajstić information content (AvgIpc) is 3.16. The Bertz CT molecular complexity index is 1140. The fourth-order valence-corrected chi connectivity index (χ4v) is 2.84. The number of anilines is 1. The van der Waals surface area contributed by atoms with Crippen LogP contribution in [0.3, 0.4) is 0 Å². The standard InChI is InChI=1S/C21H16N2O4/c1-13(27-21(25)15-9-10-19-18(11-15)22-12-26-19)20(24)23-17-8-4-6-14-5-2-3-7-16(14)17/h2-13H,1H3,(H,23,24). The maximum Gasteiger partial charge on any atom is 0.338 e. The molecule has 4 aromatic rings. The molecule has 4 rings (SSSR count). The van der Waals surface area contributed by atoms with Crippen LogP contribution < -0.4 is 5.32 Å². The predicted octanol–water partition coefficient (Wildman–Crippen LogP) is 4.17. The molecule has 1 unspecified atom stereocenters. The van der Waals surface area contributed by atoms with E-state index in [2.05, 4.69) is 10.3 Å². The highest BCUT2D eigenvalue weighted by molar-refractivity contribution is 6.04. The number of carbonyl (C=O) groups is 2. The van der Waals surface area contributed by atoms with Crippen LogP contribution in [0.4, 0.5) is 5.69 Å². The number of nitrogens with one attached hydrogen (secondary N) is 1. The Morgan fingerprint density at radius 3 is 2.78 bits per heavy atom. The van der Waals surface area contributed by atoms with Crippen molar-refractivity contribution in [2.24, 2.45) is 0 Å². The molecule has 0 spiro atoms. The second-order valence-corrected chi connectivity index (χ2v) is 6.10. The van der Waals surface area contributed by atoms with Gasteiger partial charge in [-0.25, -0.2) is 9.78 Å². The Hall–Kier alpha value is -3.67. The van der Waals surface area contributed by atoms with Gasteiger partial charge in [0.25, 0.3) is 5.91 Å². The zero-order valence-corrected chi connectivity index (χ0v) is 14.5. The van der Waals surface area contributed by atoms with Crippen molar-refractivity contribution >= 4 is 39.4 Å². The van der Waals surface area contributed by atoms with Crippen LogP contribution in [0.5, 0.6) is 0 Å². The number of esters is 1.